The second kappa shape index (κ2) is 7.72. The molecule has 7 nitrogen and oxygen atoms in total. The summed E-state index contributed by atoms with van der Waals surface area (Å²) < 4.78 is 49.8. The van der Waals surface area contributed by atoms with Gasteiger partial charge in [-0.15, -0.1) is 13.2 Å². The molecule has 0 unspecified atom stereocenters. The number of methoxy groups -OCH3 is 1. The van der Waals surface area contributed by atoms with Crippen LogP contribution in [-0.2, 0) is 11.2 Å². The summed E-state index contributed by atoms with van der Waals surface area (Å²) in [5.74, 6) is -1.29. The fourth-order valence-electron chi connectivity index (χ4n) is 1.99. The number of rotatable bonds is 6. The third kappa shape index (κ3) is 5.36. The molecule has 0 amide bonds. The van der Waals surface area contributed by atoms with E-state index >= 15 is 0 Å². The number of nitrogens with zero attached hydrogens (tertiary/aromatic N) is 1. The van der Waals surface area contributed by atoms with Crippen molar-refractivity contribution in [2.45, 2.75) is 12.8 Å². The number of nitro groups is 1. The van der Waals surface area contributed by atoms with Crippen molar-refractivity contribution in [3.63, 3.8) is 0 Å². The Kier molecular flexibility index (Phi) is 5.65. The zero-order valence-corrected chi connectivity index (χ0v) is 13.3. The monoisotopic (exact) mass is 371 g/mol. The van der Waals surface area contributed by atoms with Crippen LogP contribution in [-0.4, -0.2) is 24.4 Å². The number of carbonyl (C=O) groups excluding carboxylic acids is 1. The molecule has 26 heavy (non-hydrogen) atoms. The normalized spacial score (nSPS) is 10.9. The van der Waals surface area contributed by atoms with Crippen LogP contribution in [0.15, 0.2) is 42.5 Å². The van der Waals surface area contributed by atoms with E-state index in [4.69, 9.17) is 9.47 Å². The summed E-state index contributed by atoms with van der Waals surface area (Å²) in [7, 11) is 1.33. The Bertz CT molecular complexity index is 805. The number of carbonyl (C=O) groups is 1. The number of benzene rings is 2. The Morgan fingerprint density at radius 2 is 1.73 bits per heavy atom. The van der Waals surface area contributed by atoms with Gasteiger partial charge in [-0.1, -0.05) is 12.1 Å². The third-order valence-electron chi connectivity index (χ3n) is 3.09. The van der Waals surface area contributed by atoms with Crippen LogP contribution in [0.4, 0.5) is 18.9 Å². The Balaban J connectivity index is 2.06. The van der Waals surface area contributed by atoms with Gasteiger partial charge in [0.1, 0.15) is 11.5 Å². The molecule has 0 saturated heterocycles. The van der Waals surface area contributed by atoms with E-state index in [2.05, 4.69) is 4.74 Å². The number of ether oxygens (including phenoxy) is 3. The minimum atomic E-state index is -4.81. The summed E-state index contributed by atoms with van der Waals surface area (Å²) in [5.41, 5.74) is -0.104. The van der Waals surface area contributed by atoms with Crippen LogP contribution >= 0.6 is 0 Å². The molecule has 138 valence electrons. The number of halogens is 3. The van der Waals surface area contributed by atoms with Crippen molar-refractivity contribution in [1.29, 1.82) is 0 Å². The number of nitro benzene ring substituents is 1. The molecule has 0 spiro atoms. The van der Waals surface area contributed by atoms with Gasteiger partial charge in [-0.25, -0.2) is 0 Å². The zero-order valence-electron chi connectivity index (χ0n) is 13.3. The highest BCUT2D eigenvalue weighted by Crippen LogP contribution is 2.31. The lowest BCUT2D eigenvalue weighted by Crippen LogP contribution is -2.17. The van der Waals surface area contributed by atoms with E-state index in [-0.39, 0.29) is 17.9 Å². The fraction of sp³-hybridized carbons (Fsp3) is 0.188. The highest BCUT2D eigenvalue weighted by Gasteiger charge is 2.31. The minimum Gasteiger partial charge on any atom is -0.496 e. The highest BCUT2D eigenvalue weighted by atomic mass is 19.4. The number of esters is 1. The van der Waals surface area contributed by atoms with Crippen LogP contribution in [0.25, 0.3) is 0 Å². The maximum atomic E-state index is 12.1. The predicted octanol–water partition coefficient (Wildman–Crippen LogP) is 3.65. The molecule has 0 radical (unpaired) electrons. The first-order valence-electron chi connectivity index (χ1n) is 7.06. The average molecular weight is 371 g/mol. The summed E-state index contributed by atoms with van der Waals surface area (Å²) in [5, 5.41) is 11.0. The lowest BCUT2D eigenvalue weighted by Gasteiger charge is -2.09. The molecule has 0 aliphatic carbocycles. The van der Waals surface area contributed by atoms with Gasteiger partial charge in [-0.05, 0) is 29.8 Å². The molecule has 0 bridgehead atoms. The molecule has 2 aromatic carbocycles. The molecule has 0 heterocycles. The second-order valence-electron chi connectivity index (χ2n) is 4.93. The van der Waals surface area contributed by atoms with Crippen molar-refractivity contribution in [2.75, 3.05) is 7.11 Å². The SMILES string of the molecule is COc1ccc(OC(=O)Cc2ccc(OC(F)(F)F)cc2)c([N+](=O)[O-])c1. The van der Waals surface area contributed by atoms with E-state index in [0.717, 1.165) is 18.2 Å². The molecule has 0 aliphatic rings. The van der Waals surface area contributed by atoms with E-state index < -0.39 is 28.7 Å². The summed E-state index contributed by atoms with van der Waals surface area (Å²) >= 11 is 0. The van der Waals surface area contributed by atoms with Gasteiger partial charge in [0.15, 0.2) is 0 Å². The molecule has 2 aromatic rings. The Hall–Kier alpha value is -3.30. The second-order valence-corrected chi connectivity index (χ2v) is 4.93. The van der Waals surface area contributed by atoms with E-state index in [1.54, 1.807) is 0 Å². The molecule has 0 N–H and O–H groups in total. The van der Waals surface area contributed by atoms with Gasteiger partial charge >= 0.3 is 18.0 Å². The van der Waals surface area contributed by atoms with Crippen LogP contribution in [0.1, 0.15) is 5.56 Å². The molecule has 0 aliphatic heterocycles. The van der Waals surface area contributed by atoms with Crippen LogP contribution < -0.4 is 14.2 Å². The van der Waals surface area contributed by atoms with Gasteiger partial charge in [-0.2, -0.15) is 0 Å². The molecular formula is C16H12F3NO6. The van der Waals surface area contributed by atoms with Crippen molar-refractivity contribution in [3.05, 3.63) is 58.1 Å². The standard InChI is InChI=1S/C16H12F3NO6/c1-24-12-6-7-14(13(9-12)20(22)23)25-15(21)8-10-2-4-11(5-3-10)26-16(17,18)19/h2-7,9H,8H2,1H3. The number of hydrogen-bond donors (Lipinski definition) is 0. The Morgan fingerprint density at radius 3 is 2.27 bits per heavy atom. The molecule has 0 fully saturated rings. The van der Waals surface area contributed by atoms with Gasteiger partial charge in [0.05, 0.1) is 24.5 Å². The number of hydrogen-bond acceptors (Lipinski definition) is 6. The minimum absolute atomic E-state index is 0.219. The molecule has 2 rings (SSSR count). The van der Waals surface area contributed by atoms with Crippen molar-refractivity contribution in [2.24, 2.45) is 0 Å². The van der Waals surface area contributed by atoms with Crippen molar-refractivity contribution in [1.82, 2.24) is 0 Å². The van der Waals surface area contributed by atoms with Crippen LogP contribution in [0.5, 0.6) is 17.2 Å². The van der Waals surface area contributed by atoms with Crippen LogP contribution in [0, 0.1) is 10.1 Å². The van der Waals surface area contributed by atoms with E-state index in [1.165, 1.54) is 31.4 Å². The first-order valence-corrected chi connectivity index (χ1v) is 7.06. The zero-order chi connectivity index (χ0) is 19.3. The molecule has 0 aromatic heterocycles. The van der Waals surface area contributed by atoms with Gasteiger partial charge in [0, 0.05) is 0 Å². The molecule has 10 heteroatoms. The largest absolute Gasteiger partial charge is 0.573 e. The average Bonchev–Trinajstić information content (AvgIpc) is 2.55. The van der Waals surface area contributed by atoms with E-state index in [1.807, 2.05) is 0 Å². The van der Waals surface area contributed by atoms with Gasteiger partial charge in [0.25, 0.3) is 0 Å². The molecular weight excluding hydrogens is 359 g/mol. The topological polar surface area (TPSA) is 87.9 Å². The van der Waals surface area contributed by atoms with Gasteiger partial charge in [-0.3, -0.25) is 14.9 Å². The Morgan fingerprint density at radius 1 is 1.12 bits per heavy atom. The summed E-state index contributed by atoms with van der Waals surface area (Å²) in [6.07, 6.45) is -5.11. The number of alkyl halides is 3. The van der Waals surface area contributed by atoms with Crippen LogP contribution in [0.2, 0.25) is 0 Å². The maximum Gasteiger partial charge on any atom is 0.573 e. The molecule has 0 atom stereocenters. The first kappa shape index (κ1) is 19.0. The van der Waals surface area contributed by atoms with E-state index in [0.29, 0.717) is 5.56 Å². The fourth-order valence-corrected chi connectivity index (χ4v) is 1.99. The smallest absolute Gasteiger partial charge is 0.496 e. The van der Waals surface area contributed by atoms with Gasteiger partial charge in [0.2, 0.25) is 5.75 Å². The lowest BCUT2D eigenvalue weighted by molar-refractivity contribution is -0.385. The molecule has 0 saturated carbocycles. The van der Waals surface area contributed by atoms with Crippen molar-refractivity contribution in [3.8, 4) is 17.2 Å². The summed E-state index contributed by atoms with van der Waals surface area (Å²) in [6, 6.07) is 8.31. The van der Waals surface area contributed by atoms with E-state index in [9.17, 15) is 28.1 Å². The quantitative estimate of drug-likeness (QED) is 0.333. The van der Waals surface area contributed by atoms with Crippen LogP contribution in [0.3, 0.4) is 0 Å². The predicted molar refractivity (Wildman–Crippen MR) is 82.1 cm³/mol. The van der Waals surface area contributed by atoms with Crippen molar-refractivity contribution >= 4 is 11.7 Å². The van der Waals surface area contributed by atoms with Gasteiger partial charge < -0.3 is 14.2 Å². The highest BCUT2D eigenvalue weighted by molar-refractivity contribution is 5.76. The van der Waals surface area contributed by atoms with Crippen molar-refractivity contribution < 1.29 is 37.1 Å². The maximum absolute atomic E-state index is 12.1. The summed E-state index contributed by atoms with van der Waals surface area (Å²) in [6.45, 7) is 0. The first-order chi connectivity index (χ1) is 12.2. The lowest BCUT2D eigenvalue weighted by atomic mass is 10.1. The Labute approximate surface area is 145 Å². The summed E-state index contributed by atoms with van der Waals surface area (Å²) in [4.78, 5) is 22.2. The third-order valence-corrected chi connectivity index (χ3v) is 3.09.